The lowest BCUT2D eigenvalue weighted by Gasteiger charge is -2.04. The molecule has 0 aliphatic carbocycles. The summed E-state index contributed by atoms with van der Waals surface area (Å²) in [6, 6.07) is 1.66. The maximum absolute atomic E-state index is 11.7. The molecule has 78 valence electrons. The van der Waals surface area contributed by atoms with Gasteiger partial charge in [-0.15, -0.1) is 0 Å². The molecule has 0 radical (unpaired) electrons. The summed E-state index contributed by atoms with van der Waals surface area (Å²) >= 11 is 0. The number of hydrogen-bond acceptors (Lipinski definition) is 3. The minimum absolute atomic E-state index is 0.214. The van der Waals surface area contributed by atoms with Crippen LogP contribution in [0.4, 0.5) is 5.69 Å². The first kappa shape index (κ1) is 9.51. The summed E-state index contributed by atoms with van der Waals surface area (Å²) in [6.45, 7) is 1.89. The zero-order chi connectivity index (χ0) is 11.0. The van der Waals surface area contributed by atoms with Gasteiger partial charge in [-0.2, -0.15) is 5.10 Å². The molecule has 0 aliphatic heterocycles. The van der Waals surface area contributed by atoms with E-state index >= 15 is 0 Å². The Morgan fingerprint density at radius 3 is 2.73 bits per heavy atom. The smallest absolute Gasteiger partial charge is 0.278 e. The number of hydrogen-bond donors (Lipinski definition) is 1. The number of anilines is 1. The molecule has 0 aliphatic rings. The third-order valence-corrected chi connectivity index (χ3v) is 2.15. The van der Waals surface area contributed by atoms with E-state index in [9.17, 15) is 4.79 Å². The minimum atomic E-state index is -0.214. The van der Waals surface area contributed by atoms with Gasteiger partial charge < -0.3 is 5.73 Å². The summed E-state index contributed by atoms with van der Waals surface area (Å²) in [5.41, 5.74) is 7.30. The van der Waals surface area contributed by atoms with Gasteiger partial charge in [0.2, 0.25) is 0 Å². The molecular formula is C10H12N4O. The molecule has 5 heteroatoms. The Balaban J connectivity index is 2.67. The normalized spacial score (nSPS) is 10.5. The summed E-state index contributed by atoms with van der Waals surface area (Å²) in [7, 11) is 1.80. The number of nitrogens with zero attached hydrogens (tertiary/aromatic N) is 3. The van der Waals surface area contributed by atoms with E-state index in [4.69, 9.17) is 5.73 Å². The van der Waals surface area contributed by atoms with Crippen LogP contribution in [0.1, 0.15) is 5.56 Å². The van der Waals surface area contributed by atoms with Crippen LogP contribution >= 0.6 is 0 Å². The highest BCUT2D eigenvalue weighted by molar-refractivity contribution is 5.41. The van der Waals surface area contributed by atoms with Crippen LogP contribution in [0.2, 0.25) is 0 Å². The van der Waals surface area contributed by atoms with Crippen LogP contribution in [0.5, 0.6) is 0 Å². The Bertz CT molecular complexity index is 553. The van der Waals surface area contributed by atoms with Crippen molar-refractivity contribution in [3.63, 3.8) is 0 Å². The molecule has 0 saturated heterocycles. The largest absolute Gasteiger partial charge is 0.394 e. The van der Waals surface area contributed by atoms with Gasteiger partial charge in [-0.1, -0.05) is 0 Å². The van der Waals surface area contributed by atoms with Gasteiger partial charge in [0, 0.05) is 19.4 Å². The number of nitrogens with two attached hydrogens (primary N) is 1. The number of aryl methyl sites for hydroxylation is 2. The molecule has 0 atom stereocenters. The van der Waals surface area contributed by atoms with E-state index in [1.54, 1.807) is 36.4 Å². The Labute approximate surface area is 86.8 Å². The Kier molecular flexibility index (Phi) is 2.07. The summed E-state index contributed by atoms with van der Waals surface area (Å²) in [6.07, 6.45) is 5.14. The lowest BCUT2D eigenvalue weighted by atomic mass is 10.3. The Morgan fingerprint density at radius 2 is 2.13 bits per heavy atom. The number of pyridine rings is 1. The van der Waals surface area contributed by atoms with Crippen molar-refractivity contribution in [3.8, 4) is 5.69 Å². The third kappa shape index (κ3) is 1.63. The molecule has 5 nitrogen and oxygen atoms in total. The summed E-state index contributed by atoms with van der Waals surface area (Å²) < 4.78 is 3.14. The predicted octanol–water partition coefficient (Wildman–Crippen LogP) is 0.462. The first-order valence-electron chi connectivity index (χ1n) is 4.56. The van der Waals surface area contributed by atoms with E-state index in [2.05, 4.69) is 5.10 Å². The fourth-order valence-electron chi connectivity index (χ4n) is 1.47. The van der Waals surface area contributed by atoms with E-state index in [0.717, 1.165) is 11.3 Å². The fraction of sp³-hybridized carbons (Fsp3) is 0.200. The van der Waals surface area contributed by atoms with E-state index in [1.165, 1.54) is 4.57 Å². The highest BCUT2D eigenvalue weighted by Crippen LogP contribution is 2.06. The van der Waals surface area contributed by atoms with Crippen LogP contribution in [0.15, 0.2) is 29.5 Å². The van der Waals surface area contributed by atoms with Crippen LogP contribution in [0.25, 0.3) is 5.69 Å². The molecule has 0 saturated carbocycles. The molecule has 2 aromatic heterocycles. The van der Waals surface area contributed by atoms with Crippen molar-refractivity contribution < 1.29 is 0 Å². The van der Waals surface area contributed by atoms with Crippen LogP contribution in [-0.4, -0.2) is 14.3 Å². The molecule has 0 fully saturated rings. The lowest BCUT2D eigenvalue weighted by molar-refractivity contribution is 0.767. The zero-order valence-electron chi connectivity index (χ0n) is 8.64. The van der Waals surface area contributed by atoms with Gasteiger partial charge in [-0.05, 0) is 18.6 Å². The van der Waals surface area contributed by atoms with Crippen molar-refractivity contribution in [2.24, 2.45) is 7.05 Å². The maximum Gasteiger partial charge on any atom is 0.278 e. The van der Waals surface area contributed by atoms with E-state index < -0.39 is 0 Å². The third-order valence-electron chi connectivity index (χ3n) is 2.15. The van der Waals surface area contributed by atoms with Crippen LogP contribution in [0, 0.1) is 6.92 Å². The van der Waals surface area contributed by atoms with E-state index in [-0.39, 0.29) is 11.2 Å². The topological polar surface area (TPSA) is 65.8 Å². The molecular weight excluding hydrogens is 192 g/mol. The van der Waals surface area contributed by atoms with Gasteiger partial charge in [0.1, 0.15) is 0 Å². The summed E-state index contributed by atoms with van der Waals surface area (Å²) in [5, 5.41) is 4.01. The van der Waals surface area contributed by atoms with Gasteiger partial charge in [-0.25, -0.2) is 0 Å². The quantitative estimate of drug-likeness (QED) is 0.734. The fourth-order valence-corrected chi connectivity index (χ4v) is 1.47. The summed E-state index contributed by atoms with van der Waals surface area (Å²) in [5.74, 6) is 0. The van der Waals surface area contributed by atoms with Crippen molar-refractivity contribution in [1.82, 2.24) is 14.3 Å². The molecule has 2 N–H and O–H groups in total. The van der Waals surface area contributed by atoms with Gasteiger partial charge in [-0.3, -0.25) is 14.0 Å². The highest BCUT2D eigenvalue weighted by atomic mass is 16.1. The van der Waals surface area contributed by atoms with Gasteiger partial charge in [0.15, 0.2) is 0 Å². The number of aromatic nitrogens is 3. The molecule has 15 heavy (non-hydrogen) atoms. The van der Waals surface area contributed by atoms with Crippen molar-refractivity contribution in [3.05, 3.63) is 40.6 Å². The molecule has 2 aromatic rings. The van der Waals surface area contributed by atoms with E-state index in [0.29, 0.717) is 0 Å². The number of nitrogen functional groups attached to an aromatic ring is 1. The second-order valence-electron chi connectivity index (χ2n) is 3.52. The first-order chi connectivity index (χ1) is 7.08. The van der Waals surface area contributed by atoms with Crippen molar-refractivity contribution >= 4 is 5.69 Å². The van der Waals surface area contributed by atoms with Gasteiger partial charge in [0.25, 0.3) is 5.56 Å². The van der Waals surface area contributed by atoms with Gasteiger partial charge in [0.05, 0.1) is 17.6 Å². The average molecular weight is 204 g/mol. The van der Waals surface area contributed by atoms with Crippen LogP contribution in [-0.2, 0) is 7.05 Å². The first-order valence-corrected chi connectivity index (χ1v) is 4.56. The van der Waals surface area contributed by atoms with Crippen molar-refractivity contribution in [2.75, 3.05) is 5.73 Å². The predicted molar refractivity (Wildman–Crippen MR) is 58.0 cm³/mol. The molecule has 0 aromatic carbocycles. The molecule has 0 unspecified atom stereocenters. The van der Waals surface area contributed by atoms with E-state index in [1.807, 2.05) is 6.92 Å². The SMILES string of the molecule is Cc1cc(N)c(=O)n(-c2cnn(C)c2)c1. The van der Waals surface area contributed by atoms with Crippen molar-refractivity contribution in [1.29, 1.82) is 0 Å². The highest BCUT2D eigenvalue weighted by Gasteiger charge is 2.05. The van der Waals surface area contributed by atoms with Crippen LogP contribution in [0.3, 0.4) is 0 Å². The summed E-state index contributed by atoms with van der Waals surface area (Å²) in [4.78, 5) is 11.7. The Hall–Kier alpha value is -2.04. The molecule has 0 spiro atoms. The molecule has 0 bridgehead atoms. The van der Waals surface area contributed by atoms with Crippen LogP contribution < -0.4 is 11.3 Å². The average Bonchev–Trinajstić information content (AvgIpc) is 2.58. The standard InChI is InChI=1S/C10H12N4O/c1-7-3-9(11)10(15)14(5-7)8-4-12-13(2)6-8/h3-6H,11H2,1-2H3. The molecule has 0 amide bonds. The zero-order valence-corrected chi connectivity index (χ0v) is 8.64. The van der Waals surface area contributed by atoms with Gasteiger partial charge >= 0.3 is 0 Å². The monoisotopic (exact) mass is 204 g/mol. The second-order valence-corrected chi connectivity index (χ2v) is 3.52. The maximum atomic E-state index is 11.7. The molecule has 2 heterocycles. The second kappa shape index (κ2) is 3.27. The Morgan fingerprint density at radius 1 is 1.40 bits per heavy atom. The molecule has 2 rings (SSSR count). The lowest BCUT2D eigenvalue weighted by Crippen LogP contribution is -2.20. The minimum Gasteiger partial charge on any atom is -0.394 e. The van der Waals surface area contributed by atoms with Crippen molar-refractivity contribution in [2.45, 2.75) is 6.92 Å². The number of rotatable bonds is 1.